The number of rotatable bonds is 15. The SMILES string of the molecule is COc1cc(CCc2cc(-c3cc(F)ccc3C(N)=O)n[nH]2)cc(OC)c1.COc1cc(CCc2cc(NC(=O)c3ccc(N4CCNC(C)(C)C4)cc3)n[nH]2)cc(OC)c1. The molecule has 0 bridgehead atoms. The molecule has 1 aliphatic rings. The second-order valence-electron chi connectivity index (χ2n) is 15.3. The molecule has 14 nitrogen and oxygen atoms in total. The van der Waals surface area contributed by atoms with Crippen molar-refractivity contribution in [1.29, 1.82) is 0 Å². The summed E-state index contributed by atoms with van der Waals surface area (Å²) in [5, 5.41) is 20.8. The number of anilines is 2. The highest BCUT2D eigenvalue weighted by atomic mass is 19.1. The third-order valence-corrected chi connectivity index (χ3v) is 10.3. The van der Waals surface area contributed by atoms with E-state index in [1.54, 1.807) is 34.5 Å². The lowest BCUT2D eigenvalue weighted by Crippen LogP contribution is -2.57. The Kier molecular flexibility index (Phi) is 14.3. The fraction of sp³-hybridized carbons (Fsp3) is 0.304. The van der Waals surface area contributed by atoms with Crippen LogP contribution in [0.1, 0.15) is 57.1 Å². The number of nitrogens with one attached hydrogen (secondary N) is 4. The molecule has 7 rings (SSSR count). The van der Waals surface area contributed by atoms with E-state index in [9.17, 15) is 14.0 Å². The smallest absolute Gasteiger partial charge is 0.256 e. The summed E-state index contributed by atoms with van der Waals surface area (Å²) in [6.07, 6.45) is 2.92. The Labute approximate surface area is 354 Å². The summed E-state index contributed by atoms with van der Waals surface area (Å²) in [5.41, 5.74) is 12.2. The molecule has 0 atom stereocenters. The number of benzene rings is 4. The van der Waals surface area contributed by atoms with Crippen molar-refractivity contribution in [2.75, 3.05) is 58.3 Å². The lowest BCUT2D eigenvalue weighted by atomic mass is 10.0. The fourth-order valence-electron chi connectivity index (χ4n) is 7.08. The molecule has 0 spiro atoms. The Morgan fingerprint density at radius 1 is 0.738 bits per heavy atom. The lowest BCUT2D eigenvalue weighted by molar-refractivity contribution is 0.0998. The molecular weight excluding hydrogens is 780 g/mol. The number of aromatic amines is 2. The zero-order valence-corrected chi connectivity index (χ0v) is 35.4. The van der Waals surface area contributed by atoms with Crippen LogP contribution >= 0.6 is 0 Å². The van der Waals surface area contributed by atoms with E-state index < -0.39 is 11.7 Å². The standard InChI is InChI=1S/C26H33N5O3.C20H20FN3O3/c1-26(2)17-31(12-11-27-26)21-9-6-19(7-10-21)25(32)28-24-15-20(29-30-24)8-5-18-13-22(33-3)16-23(14-18)34-4;1-26-15-7-12(8-16(11-15)27-2)3-5-14-10-19(24-23-14)18-9-13(21)4-6-17(18)20(22)25/h6-7,9-10,13-16,27H,5,8,11-12,17H2,1-4H3,(H2,28,29,30,32);4,6-11H,3,5H2,1-2H3,(H2,22,25)(H,23,24). The van der Waals surface area contributed by atoms with E-state index in [1.165, 1.54) is 18.2 Å². The number of carbonyl (C=O) groups excluding carboxylic acids is 2. The average molecular weight is 833 g/mol. The van der Waals surface area contributed by atoms with Gasteiger partial charge in [-0.1, -0.05) is 0 Å². The second kappa shape index (κ2) is 19.9. The van der Waals surface area contributed by atoms with Crippen molar-refractivity contribution in [3.8, 4) is 34.3 Å². The van der Waals surface area contributed by atoms with Crippen molar-refractivity contribution in [2.45, 2.75) is 45.1 Å². The van der Waals surface area contributed by atoms with Gasteiger partial charge in [0.15, 0.2) is 5.82 Å². The maximum absolute atomic E-state index is 13.6. The van der Waals surface area contributed by atoms with E-state index in [1.807, 2.05) is 66.7 Å². The Hall–Kier alpha value is -6.87. The largest absolute Gasteiger partial charge is 0.497 e. The molecule has 6 aromatic rings. The van der Waals surface area contributed by atoms with Crippen molar-refractivity contribution < 1.29 is 32.9 Å². The zero-order chi connectivity index (χ0) is 43.5. The molecule has 3 heterocycles. The van der Waals surface area contributed by atoms with Crippen LogP contribution in [0, 0.1) is 5.82 Å². The lowest BCUT2D eigenvalue weighted by Gasteiger charge is -2.40. The van der Waals surface area contributed by atoms with Crippen molar-refractivity contribution in [3.05, 3.63) is 130 Å². The van der Waals surface area contributed by atoms with Crippen molar-refractivity contribution in [1.82, 2.24) is 25.7 Å². The van der Waals surface area contributed by atoms with E-state index in [0.717, 1.165) is 90.1 Å². The van der Waals surface area contributed by atoms with Gasteiger partial charge in [-0.15, -0.1) is 0 Å². The van der Waals surface area contributed by atoms with Crippen LogP contribution in [0.5, 0.6) is 23.0 Å². The van der Waals surface area contributed by atoms with Gasteiger partial charge in [-0.05, 0) is 123 Å². The van der Waals surface area contributed by atoms with Gasteiger partial charge in [0.25, 0.3) is 5.91 Å². The molecule has 0 radical (unpaired) electrons. The van der Waals surface area contributed by atoms with Crippen molar-refractivity contribution in [3.63, 3.8) is 0 Å². The summed E-state index contributed by atoms with van der Waals surface area (Å²) in [7, 11) is 6.49. The van der Waals surface area contributed by atoms with Gasteiger partial charge in [0.05, 0.1) is 34.1 Å². The first-order valence-corrected chi connectivity index (χ1v) is 19.9. The summed E-state index contributed by atoms with van der Waals surface area (Å²) in [5.74, 6) is 2.22. The number of amides is 2. The molecule has 1 saturated heterocycles. The minimum atomic E-state index is -0.627. The molecule has 4 aromatic carbocycles. The van der Waals surface area contributed by atoms with E-state index in [4.69, 9.17) is 24.7 Å². The molecule has 1 aliphatic heterocycles. The van der Waals surface area contributed by atoms with Gasteiger partial charge in [0.2, 0.25) is 5.91 Å². The Balaban J connectivity index is 0.000000210. The van der Waals surface area contributed by atoms with Crippen LogP contribution < -0.4 is 40.2 Å². The third-order valence-electron chi connectivity index (χ3n) is 10.3. The van der Waals surface area contributed by atoms with Gasteiger partial charge in [-0.2, -0.15) is 10.2 Å². The number of aromatic nitrogens is 4. The zero-order valence-electron chi connectivity index (χ0n) is 35.4. The minimum absolute atomic E-state index is 0.0740. The van der Waals surface area contributed by atoms with Crippen LogP contribution in [0.4, 0.5) is 15.9 Å². The van der Waals surface area contributed by atoms with Crippen LogP contribution in [0.2, 0.25) is 0 Å². The molecule has 2 aromatic heterocycles. The third kappa shape index (κ3) is 11.9. The number of nitrogens with two attached hydrogens (primary N) is 1. The molecule has 61 heavy (non-hydrogen) atoms. The molecule has 6 N–H and O–H groups in total. The van der Waals surface area contributed by atoms with Crippen LogP contribution in [-0.2, 0) is 25.7 Å². The van der Waals surface area contributed by atoms with Crippen molar-refractivity contribution in [2.24, 2.45) is 5.73 Å². The number of carbonyl (C=O) groups is 2. The van der Waals surface area contributed by atoms with E-state index >= 15 is 0 Å². The number of nitrogens with zero attached hydrogens (tertiary/aromatic N) is 3. The normalized spacial score (nSPS) is 13.1. The van der Waals surface area contributed by atoms with Gasteiger partial charge < -0.3 is 40.2 Å². The predicted octanol–water partition coefficient (Wildman–Crippen LogP) is 6.77. The van der Waals surface area contributed by atoms with Crippen LogP contribution in [0.3, 0.4) is 0 Å². The second-order valence-corrected chi connectivity index (χ2v) is 15.3. The number of H-pyrrole nitrogens is 2. The fourth-order valence-corrected chi connectivity index (χ4v) is 7.08. The predicted molar refractivity (Wildman–Crippen MR) is 234 cm³/mol. The quantitative estimate of drug-likeness (QED) is 0.0741. The first-order chi connectivity index (χ1) is 29.3. The number of ether oxygens (including phenoxy) is 4. The molecule has 15 heteroatoms. The first kappa shape index (κ1) is 43.7. The van der Waals surface area contributed by atoms with Crippen molar-refractivity contribution >= 4 is 23.3 Å². The molecule has 1 fully saturated rings. The number of hydrogen-bond acceptors (Lipinski definition) is 10. The summed E-state index contributed by atoms with van der Waals surface area (Å²) in [6, 6.07) is 26.8. The summed E-state index contributed by atoms with van der Waals surface area (Å²) >= 11 is 0. The summed E-state index contributed by atoms with van der Waals surface area (Å²) < 4.78 is 34.8. The maximum atomic E-state index is 13.6. The number of methoxy groups -OCH3 is 4. The summed E-state index contributed by atoms with van der Waals surface area (Å²) in [6.45, 7) is 7.23. The number of hydrogen-bond donors (Lipinski definition) is 5. The van der Waals surface area contributed by atoms with Gasteiger partial charge in [-0.25, -0.2) is 4.39 Å². The number of piperazine rings is 1. The van der Waals surface area contributed by atoms with Gasteiger partial charge in [-0.3, -0.25) is 19.8 Å². The number of halogens is 1. The van der Waals surface area contributed by atoms with Gasteiger partial charge in [0.1, 0.15) is 28.8 Å². The number of primary amides is 1. The molecule has 0 unspecified atom stereocenters. The minimum Gasteiger partial charge on any atom is -0.497 e. The molecule has 320 valence electrons. The Bertz CT molecular complexity index is 2380. The van der Waals surface area contributed by atoms with Crippen LogP contribution in [0.15, 0.2) is 91.0 Å². The molecular formula is C46H53FN8O6. The highest BCUT2D eigenvalue weighted by Crippen LogP contribution is 2.27. The number of aryl methyl sites for hydroxylation is 4. The van der Waals surface area contributed by atoms with Gasteiger partial charge >= 0.3 is 0 Å². The topological polar surface area (TPSA) is 182 Å². The first-order valence-electron chi connectivity index (χ1n) is 19.9. The maximum Gasteiger partial charge on any atom is 0.256 e. The summed E-state index contributed by atoms with van der Waals surface area (Å²) in [4.78, 5) is 26.6. The molecule has 2 amide bonds. The van der Waals surface area contributed by atoms with E-state index in [-0.39, 0.29) is 17.0 Å². The Morgan fingerprint density at radius 3 is 1.84 bits per heavy atom. The highest BCUT2D eigenvalue weighted by molar-refractivity contribution is 6.04. The van der Waals surface area contributed by atoms with E-state index in [2.05, 4.69) is 49.8 Å². The molecule has 0 saturated carbocycles. The monoisotopic (exact) mass is 832 g/mol. The Morgan fingerprint density at radius 2 is 1.30 bits per heavy atom. The van der Waals surface area contributed by atoms with Gasteiger partial charge in [0, 0.05) is 77.1 Å². The van der Waals surface area contributed by atoms with E-state index in [0.29, 0.717) is 29.1 Å². The molecule has 0 aliphatic carbocycles. The highest BCUT2D eigenvalue weighted by Gasteiger charge is 2.26. The van der Waals surface area contributed by atoms with Crippen LogP contribution in [-0.4, -0.2) is 85.8 Å². The van der Waals surface area contributed by atoms with Crippen LogP contribution in [0.25, 0.3) is 11.3 Å². The average Bonchev–Trinajstić information content (AvgIpc) is 3.94.